The monoisotopic (exact) mass is 252 g/mol. The van der Waals surface area contributed by atoms with Gasteiger partial charge in [-0.2, -0.15) is 0 Å². The highest BCUT2D eigenvalue weighted by Crippen LogP contribution is 2.42. The zero-order chi connectivity index (χ0) is 13.3. The molecule has 2 heteroatoms. The Hall–Kier alpha value is -0.0800. The van der Waals surface area contributed by atoms with Gasteiger partial charge in [-0.05, 0) is 63.3 Å². The Balaban J connectivity index is 2.12. The van der Waals surface area contributed by atoms with Gasteiger partial charge in [0, 0.05) is 18.1 Å². The van der Waals surface area contributed by atoms with Gasteiger partial charge in [-0.25, -0.2) is 0 Å². The van der Waals surface area contributed by atoms with Crippen molar-refractivity contribution >= 4 is 0 Å². The second-order valence-corrected chi connectivity index (χ2v) is 7.30. The molecular weight excluding hydrogens is 220 g/mol. The van der Waals surface area contributed by atoms with E-state index in [9.17, 15) is 0 Å². The van der Waals surface area contributed by atoms with E-state index in [1.54, 1.807) is 0 Å². The molecule has 2 aliphatic rings. The number of hydrogen-bond donors (Lipinski definition) is 1. The zero-order valence-corrected chi connectivity index (χ0v) is 12.8. The van der Waals surface area contributed by atoms with E-state index >= 15 is 0 Å². The van der Waals surface area contributed by atoms with Gasteiger partial charge < -0.3 is 5.73 Å². The lowest BCUT2D eigenvalue weighted by Gasteiger charge is -2.54. The smallest absolute Gasteiger partial charge is 0.0337 e. The van der Waals surface area contributed by atoms with Crippen molar-refractivity contribution in [1.82, 2.24) is 4.90 Å². The summed E-state index contributed by atoms with van der Waals surface area (Å²) >= 11 is 0. The van der Waals surface area contributed by atoms with Gasteiger partial charge in [0.25, 0.3) is 0 Å². The van der Waals surface area contributed by atoms with E-state index in [1.807, 2.05) is 0 Å². The summed E-state index contributed by atoms with van der Waals surface area (Å²) in [5.74, 6) is 2.60. The third kappa shape index (κ3) is 2.60. The minimum Gasteiger partial charge on any atom is -0.329 e. The molecule has 5 atom stereocenters. The molecule has 1 saturated heterocycles. The molecule has 0 aromatic carbocycles. The highest BCUT2D eigenvalue weighted by atomic mass is 15.2. The van der Waals surface area contributed by atoms with Gasteiger partial charge in [0.1, 0.15) is 0 Å². The maximum atomic E-state index is 6.23. The Morgan fingerprint density at radius 2 is 1.83 bits per heavy atom. The Kier molecular flexibility index (Phi) is 4.38. The van der Waals surface area contributed by atoms with Gasteiger partial charge in [-0.1, -0.05) is 20.8 Å². The van der Waals surface area contributed by atoms with Crippen LogP contribution in [0.3, 0.4) is 0 Å². The van der Waals surface area contributed by atoms with Crippen LogP contribution in [0.5, 0.6) is 0 Å². The molecule has 0 spiro atoms. The third-order valence-electron chi connectivity index (χ3n) is 5.87. The molecule has 1 saturated carbocycles. The van der Waals surface area contributed by atoms with E-state index < -0.39 is 0 Å². The van der Waals surface area contributed by atoms with Gasteiger partial charge in [0.05, 0.1) is 0 Å². The predicted molar refractivity (Wildman–Crippen MR) is 78.5 cm³/mol. The number of nitrogens with zero attached hydrogens (tertiary/aromatic N) is 1. The van der Waals surface area contributed by atoms with E-state index in [1.165, 1.54) is 38.6 Å². The van der Waals surface area contributed by atoms with Crippen LogP contribution < -0.4 is 5.73 Å². The highest BCUT2D eigenvalue weighted by molar-refractivity contribution is 5.00. The lowest BCUT2D eigenvalue weighted by atomic mass is 9.69. The van der Waals surface area contributed by atoms with Crippen LogP contribution >= 0.6 is 0 Å². The van der Waals surface area contributed by atoms with Crippen LogP contribution in [0, 0.1) is 17.8 Å². The van der Waals surface area contributed by atoms with Crippen molar-refractivity contribution in [2.24, 2.45) is 23.5 Å². The summed E-state index contributed by atoms with van der Waals surface area (Å²) in [4.78, 5) is 2.77. The summed E-state index contributed by atoms with van der Waals surface area (Å²) in [6.45, 7) is 11.8. The van der Waals surface area contributed by atoms with Crippen molar-refractivity contribution in [1.29, 1.82) is 0 Å². The molecule has 0 bridgehead atoms. The van der Waals surface area contributed by atoms with Gasteiger partial charge >= 0.3 is 0 Å². The molecule has 2 rings (SSSR count). The number of likely N-dealkylation sites (tertiary alicyclic amines) is 1. The average molecular weight is 252 g/mol. The molecule has 2 fully saturated rings. The van der Waals surface area contributed by atoms with Gasteiger partial charge in [-0.15, -0.1) is 0 Å². The second-order valence-electron chi connectivity index (χ2n) is 7.30. The van der Waals surface area contributed by atoms with Crippen LogP contribution in [-0.2, 0) is 0 Å². The maximum absolute atomic E-state index is 6.23. The molecule has 1 heterocycles. The molecule has 1 aliphatic carbocycles. The first-order valence-electron chi connectivity index (χ1n) is 7.95. The fourth-order valence-corrected chi connectivity index (χ4v) is 4.36. The molecule has 106 valence electrons. The summed E-state index contributed by atoms with van der Waals surface area (Å²) < 4.78 is 0. The number of hydrogen-bond acceptors (Lipinski definition) is 2. The van der Waals surface area contributed by atoms with E-state index in [2.05, 4.69) is 32.6 Å². The average Bonchev–Trinajstić information content (AvgIpc) is 2.33. The highest BCUT2D eigenvalue weighted by Gasteiger charge is 2.44. The summed E-state index contributed by atoms with van der Waals surface area (Å²) in [7, 11) is 0. The lowest BCUT2D eigenvalue weighted by Crippen LogP contribution is -2.61. The SMILES string of the molecule is CC1CCN(C2(CN)CCC(C)C(C)C2)C(C)C1. The topological polar surface area (TPSA) is 29.3 Å². The van der Waals surface area contributed by atoms with E-state index in [-0.39, 0.29) is 0 Å². The van der Waals surface area contributed by atoms with Gasteiger partial charge in [0.2, 0.25) is 0 Å². The van der Waals surface area contributed by atoms with Crippen LogP contribution in [-0.4, -0.2) is 29.6 Å². The van der Waals surface area contributed by atoms with Gasteiger partial charge in [0.15, 0.2) is 0 Å². The van der Waals surface area contributed by atoms with Crippen molar-refractivity contribution < 1.29 is 0 Å². The van der Waals surface area contributed by atoms with Crippen molar-refractivity contribution in [2.75, 3.05) is 13.1 Å². The van der Waals surface area contributed by atoms with Crippen LogP contribution in [0.1, 0.15) is 59.8 Å². The summed E-state index contributed by atoms with van der Waals surface area (Å²) in [6.07, 6.45) is 6.69. The van der Waals surface area contributed by atoms with Gasteiger partial charge in [-0.3, -0.25) is 4.90 Å². The summed E-state index contributed by atoms with van der Waals surface area (Å²) in [6, 6.07) is 0.720. The van der Waals surface area contributed by atoms with Crippen molar-refractivity contribution in [3.8, 4) is 0 Å². The number of piperidine rings is 1. The molecular formula is C16H32N2. The molecule has 1 aliphatic heterocycles. The predicted octanol–water partition coefficient (Wildman–Crippen LogP) is 3.26. The van der Waals surface area contributed by atoms with Crippen molar-refractivity contribution in [3.05, 3.63) is 0 Å². The van der Waals surface area contributed by atoms with Crippen LogP contribution in [0.4, 0.5) is 0 Å². The molecule has 2 N–H and O–H groups in total. The minimum absolute atomic E-state index is 0.311. The molecule has 0 aromatic rings. The van der Waals surface area contributed by atoms with Crippen molar-refractivity contribution in [2.45, 2.75) is 71.4 Å². The minimum atomic E-state index is 0.311. The molecule has 2 nitrogen and oxygen atoms in total. The van der Waals surface area contributed by atoms with E-state index in [0.717, 1.165) is 30.3 Å². The second kappa shape index (κ2) is 5.50. The molecule has 5 unspecified atom stereocenters. The first-order chi connectivity index (χ1) is 8.48. The van der Waals surface area contributed by atoms with Crippen molar-refractivity contribution in [3.63, 3.8) is 0 Å². The number of nitrogens with two attached hydrogens (primary N) is 1. The molecule has 0 radical (unpaired) electrons. The van der Waals surface area contributed by atoms with Crippen LogP contribution in [0.2, 0.25) is 0 Å². The standard InChI is InChI=1S/C16H32N2/c1-12-6-8-18(15(4)9-12)16(11-17)7-5-13(2)14(3)10-16/h12-15H,5-11,17H2,1-4H3. The fourth-order valence-electron chi connectivity index (χ4n) is 4.36. The largest absolute Gasteiger partial charge is 0.329 e. The first-order valence-corrected chi connectivity index (χ1v) is 7.95. The molecule has 0 amide bonds. The quantitative estimate of drug-likeness (QED) is 0.817. The fraction of sp³-hybridized carbons (Fsp3) is 1.00. The first kappa shape index (κ1) is 14.3. The summed E-state index contributed by atoms with van der Waals surface area (Å²) in [5.41, 5.74) is 6.54. The van der Waals surface area contributed by atoms with Crippen LogP contribution in [0.15, 0.2) is 0 Å². The Morgan fingerprint density at radius 1 is 1.11 bits per heavy atom. The molecule has 0 aromatic heterocycles. The van der Waals surface area contributed by atoms with E-state index in [4.69, 9.17) is 5.73 Å². The molecule has 18 heavy (non-hydrogen) atoms. The Bertz CT molecular complexity index is 278. The summed E-state index contributed by atoms with van der Waals surface area (Å²) in [5, 5.41) is 0. The number of rotatable bonds is 2. The lowest BCUT2D eigenvalue weighted by molar-refractivity contribution is -0.0301. The normalized spacial score (nSPS) is 47.2. The zero-order valence-electron chi connectivity index (χ0n) is 12.8. The maximum Gasteiger partial charge on any atom is 0.0337 e. The van der Waals surface area contributed by atoms with E-state index in [0.29, 0.717) is 5.54 Å². The Morgan fingerprint density at radius 3 is 2.39 bits per heavy atom. The third-order valence-corrected chi connectivity index (χ3v) is 5.87. The van der Waals surface area contributed by atoms with Crippen LogP contribution in [0.25, 0.3) is 0 Å². The Labute approximate surface area is 113 Å².